The average Bonchev–Trinajstić information content (AvgIpc) is 3.12. The fourth-order valence-electron chi connectivity index (χ4n) is 1.91. The van der Waals surface area contributed by atoms with Gasteiger partial charge in [-0.2, -0.15) is 0 Å². The van der Waals surface area contributed by atoms with Crippen LogP contribution in [0.4, 0.5) is 0 Å². The van der Waals surface area contributed by atoms with Crippen LogP contribution < -0.4 is 5.32 Å². The van der Waals surface area contributed by atoms with E-state index in [1.807, 2.05) is 13.1 Å². The first kappa shape index (κ1) is 12.8. The van der Waals surface area contributed by atoms with E-state index in [0.717, 1.165) is 15.6 Å². The Kier molecular flexibility index (Phi) is 3.41. The van der Waals surface area contributed by atoms with Gasteiger partial charge in [-0.15, -0.1) is 11.3 Å². The van der Waals surface area contributed by atoms with Crippen LogP contribution >= 0.6 is 23.6 Å². The predicted molar refractivity (Wildman–Crippen MR) is 84.6 cm³/mol. The maximum absolute atomic E-state index is 5.44. The second kappa shape index (κ2) is 5.06. The van der Waals surface area contributed by atoms with Crippen molar-refractivity contribution < 1.29 is 0 Å². The zero-order valence-electron chi connectivity index (χ0n) is 11.1. The number of benzene rings is 1. The molecular weight excluding hydrogens is 274 g/mol. The molecule has 1 heterocycles. The molecule has 1 aliphatic rings. The molecule has 1 atom stereocenters. The molecule has 1 fully saturated rings. The molecule has 100 valence electrons. The van der Waals surface area contributed by atoms with Crippen LogP contribution in [0, 0.1) is 0 Å². The van der Waals surface area contributed by atoms with Crippen LogP contribution in [0.1, 0.15) is 30.8 Å². The van der Waals surface area contributed by atoms with Crippen LogP contribution in [-0.2, 0) is 0 Å². The number of thiazole rings is 1. The van der Waals surface area contributed by atoms with Crippen LogP contribution in [0.5, 0.6) is 0 Å². The zero-order chi connectivity index (χ0) is 13.4. The Morgan fingerprint density at radius 2 is 2.21 bits per heavy atom. The standard InChI is InChI=1S/C14H17N3S2/c1-9(17(2)14(18)15-10-7-8-10)13-16-11-5-3-4-6-12(11)19-13/h3-6,9-10H,7-8H2,1-2H3,(H,15,18)/t9-/m0/s1. The normalized spacial score (nSPS) is 16.3. The summed E-state index contributed by atoms with van der Waals surface area (Å²) in [5.41, 5.74) is 1.07. The van der Waals surface area contributed by atoms with E-state index in [2.05, 4.69) is 35.3 Å². The van der Waals surface area contributed by atoms with Crippen molar-refractivity contribution in [3.63, 3.8) is 0 Å². The molecule has 2 aromatic rings. The molecule has 0 spiro atoms. The fourth-order valence-corrected chi connectivity index (χ4v) is 3.30. The molecule has 0 unspecified atom stereocenters. The number of aromatic nitrogens is 1. The van der Waals surface area contributed by atoms with Crippen molar-refractivity contribution >= 4 is 38.9 Å². The van der Waals surface area contributed by atoms with E-state index < -0.39 is 0 Å². The molecule has 1 aromatic heterocycles. The highest BCUT2D eigenvalue weighted by Gasteiger charge is 2.25. The van der Waals surface area contributed by atoms with Gasteiger partial charge in [0.05, 0.1) is 16.3 Å². The van der Waals surface area contributed by atoms with Gasteiger partial charge < -0.3 is 10.2 Å². The van der Waals surface area contributed by atoms with Gasteiger partial charge in [-0.1, -0.05) is 12.1 Å². The predicted octanol–water partition coefficient (Wildman–Crippen LogP) is 3.33. The number of rotatable bonds is 3. The zero-order valence-corrected chi connectivity index (χ0v) is 12.7. The highest BCUT2D eigenvalue weighted by molar-refractivity contribution is 7.80. The largest absolute Gasteiger partial charge is 0.360 e. The molecule has 3 nitrogen and oxygen atoms in total. The molecule has 1 aromatic carbocycles. The minimum Gasteiger partial charge on any atom is -0.360 e. The van der Waals surface area contributed by atoms with Gasteiger partial charge in [0, 0.05) is 13.1 Å². The lowest BCUT2D eigenvalue weighted by Crippen LogP contribution is -2.39. The number of hydrogen-bond acceptors (Lipinski definition) is 3. The number of fused-ring (bicyclic) bond motifs is 1. The molecule has 1 N–H and O–H groups in total. The highest BCUT2D eigenvalue weighted by atomic mass is 32.1. The number of para-hydroxylation sites is 1. The van der Waals surface area contributed by atoms with Crippen molar-refractivity contribution in [2.45, 2.75) is 31.8 Å². The molecule has 0 radical (unpaired) electrons. The first-order valence-electron chi connectivity index (χ1n) is 6.54. The lowest BCUT2D eigenvalue weighted by atomic mass is 10.3. The van der Waals surface area contributed by atoms with Crippen molar-refractivity contribution in [1.29, 1.82) is 0 Å². The van der Waals surface area contributed by atoms with E-state index in [1.54, 1.807) is 11.3 Å². The Morgan fingerprint density at radius 1 is 1.47 bits per heavy atom. The summed E-state index contributed by atoms with van der Waals surface area (Å²) < 4.78 is 1.24. The van der Waals surface area contributed by atoms with Gasteiger partial charge in [-0.05, 0) is 44.1 Å². The van der Waals surface area contributed by atoms with E-state index in [0.29, 0.717) is 6.04 Å². The minimum absolute atomic E-state index is 0.205. The third-order valence-corrected chi connectivity index (χ3v) is 5.09. The second-order valence-corrected chi connectivity index (χ2v) is 6.48. The van der Waals surface area contributed by atoms with E-state index in [1.165, 1.54) is 17.5 Å². The lowest BCUT2D eigenvalue weighted by Gasteiger charge is -2.26. The van der Waals surface area contributed by atoms with Gasteiger partial charge in [0.1, 0.15) is 5.01 Å². The Labute approximate surface area is 122 Å². The summed E-state index contributed by atoms with van der Waals surface area (Å²) >= 11 is 7.19. The number of nitrogens with one attached hydrogen (secondary N) is 1. The maximum Gasteiger partial charge on any atom is 0.169 e. The smallest absolute Gasteiger partial charge is 0.169 e. The van der Waals surface area contributed by atoms with Crippen molar-refractivity contribution in [3.8, 4) is 0 Å². The molecule has 0 amide bonds. The summed E-state index contributed by atoms with van der Waals surface area (Å²) in [6.07, 6.45) is 2.48. The van der Waals surface area contributed by atoms with Gasteiger partial charge in [-0.3, -0.25) is 0 Å². The molecule has 19 heavy (non-hydrogen) atoms. The van der Waals surface area contributed by atoms with Crippen molar-refractivity contribution in [3.05, 3.63) is 29.3 Å². The number of thiocarbonyl (C=S) groups is 1. The van der Waals surface area contributed by atoms with Crippen LogP contribution in [0.2, 0.25) is 0 Å². The molecule has 0 bridgehead atoms. The van der Waals surface area contributed by atoms with E-state index in [4.69, 9.17) is 17.2 Å². The fraction of sp³-hybridized carbons (Fsp3) is 0.429. The maximum atomic E-state index is 5.44. The molecule has 5 heteroatoms. The Hall–Kier alpha value is -1.20. The second-order valence-electron chi connectivity index (χ2n) is 5.03. The van der Waals surface area contributed by atoms with Gasteiger partial charge >= 0.3 is 0 Å². The molecule has 3 rings (SSSR count). The van der Waals surface area contributed by atoms with Crippen molar-refractivity contribution in [2.24, 2.45) is 0 Å². The summed E-state index contributed by atoms with van der Waals surface area (Å²) in [5, 5.41) is 5.31. The quantitative estimate of drug-likeness (QED) is 0.878. The number of nitrogens with zero attached hydrogens (tertiary/aromatic N) is 2. The Bertz CT molecular complexity index is 571. The minimum atomic E-state index is 0.205. The first-order chi connectivity index (χ1) is 9.15. The summed E-state index contributed by atoms with van der Waals surface area (Å²) in [5.74, 6) is 0. The van der Waals surface area contributed by atoms with Gasteiger partial charge in [0.15, 0.2) is 5.11 Å². The monoisotopic (exact) mass is 291 g/mol. The van der Waals surface area contributed by atoms with Crippen LogP contribution in [0.15, 0.2) is 24.3 Å². The topological polar surface area (TPSA) is 28.2 Å². The third kappa shape index (κ3) is 2.72. The third-order valence-electron chi connectivity index (χ3n) is 3.47. The first-order valence-corrected chi connectivity index (χ1v) is 7.76. The molecule has 0 aliphatic heterocycles. The van der Waals surface area contributed by atoms with Crippen LogP contribution in [-0.4, -0.2) is 28.1 Å². The Morgan fingerprint density at radius 3 is 2.89 bits per heavy atom. The number of hydrogen-bond donors (Lipinski definition) is 1. The van der Waals surface area contributed by atoms with E-state index >= 15 is 0 Å². The van der Waals surface area contributed by atoms with Crippen LogP contribution in [0.3, 0.4) is 0 Å². The van der Waals surface area contributed by atoms with Gasteiger partial charge in [0.2, 0.25) is 0 Å². The molecule has 0 saturated heterocycles. The SMILES string of the molecule is C[C@@H](c1nc2ccccc2s1)N(C)C(=S)NC1CC1. The molecule has 1 aliphatic carbocycles. The van der Waals surface area contributed by atoms with Gasteiger partial charge in [-0.25, -0.2) is 4.98 Å². The molecular formula is C14H17N3S2. The summed E-state index contributed by atoms with van der Waals surface area (Å²) in [6.45, 7) is 2.15. The van der Waals surface area contributed by atoms with E-state index in [-0.39, 0.29) is 6.04 Å². The summed E-state index contributed by atoms with van der Waals surface area (Å²) in [4.78, 5) is 6.80. The molecule has 1 saturated carbocycles. The Balaban J connectivity index is 1.77. The van der Waals surface area contributed by atoms with Crippen LogP contribution in [0.25, 0.3) is 10.2 Å². The van der Waals surface area contributed by atoms with Gasteiger partial charge in [0.25, 0.3) is 0 Å². The average molecular weight is 291 g/mol. The lowest BCUT2D eigenvalue weighted by molar-refractivity contribution is 0.394. The van der Waals surface area contributed by atoms with Crippen molar-refractivity contribution in [2.75, 3.05) is 7.05 Å². The van der Waals surface area contributed by atoms with Crippen molar-refractivity contribution in [1.82, 2.24) is 15.2 Å². The van der Waals surface area contributed by atoms with E-state index in [9.17, 15) is 0 Å². The summed E-state index contributed by atoms with van der Waals surface area (Å²) in [6, 6.07) is 9.05. The summed E-state index contributed by atoms with van der Waals surface area (Å²) in [7, 11) is 2.04. The highest BCUT2D eigenvalue weighted by Crippen LogP contribution is 2.29.